The molecule has 116 valence electrons. The van der Waals surface area contributed by atoms with Crippen LogP contribution in [0.1, 0.15) is 44.0 Å². The van der Waals surface area contributed by atoms with Crippen LogP contribution in [0.3, 0.4) is 0 Å². The van der Waals surface area contributed by atoms with Crippen molar-refractivity contribution in [1.29, 1.82) is 0 Å². The van der Waals surface area contributed by atoms with E-state index in [-0.39, 0.29) is 17.6 Å². The summed E-state index contributed by atoms with van der Waals surface area (Å²) in [5, 5.41) is 16.5. The molecular weight excluding hydrogens is 270 g/mol. The Morgan fingerprint density at radius 1 is 1.29 bits per heavy atom. The van der Waals surface area contributed by atoms with Crippen molar-refractivity contribution in [3.05, 3.63) is 33.9 Å². The first kappa shape index (κ1) is 16.9. The van der Waals surface area contributed by atoms with E-state index in [4.69, 9.17) is 0 Å². The molecule has 1 aromatic carbocycles. The van der Waals surface area contributed by atoms with E-state index < -0.39 is 4.92 Å². The third-order valence-corrected chi connectivity index (χ3v) is 3.28. The predicted molar refractivity (Wildman–Crippen MR) is 83.6 cm³/mol. The molecule has 0 bridgehead atoms. The lowest BCUT2D eigenvalue weighted by molar-refractivity contribution is -0.383. The van der Waals surface area contributed by atoms with Gasteiger partial charge in [0, 0.05) is 24.7 Å². The van der Waals surface area contributed by atoms with Crippen molar-refractivity contribution in [2.45, 2.75) is 39.7 Å². The topological polar surface area (TPSA) is 84.3 Å². The number of nitro groups is 1. The Hall–Kier alpha value is -2.11. The van der Waals surface area contributed by atoms with Gasteiger partial charge >= 0.3 is 0 Å². The first-order valence-electron chi connectivity index (χ1n) is 7.12. The highest BCUT2D eigenvalue weighted by Gasteiger charge is 2.17. The van der Waals surface area contributed by atoms with Gasteiger partial charge < -0.3 is 10.6 Å². The Morgan fingerprint density at radius 2 is 1.95 bits per heavy atom. The van der Waals surface area contributed by atoms with Crippen molar-refractivity contribution < 1.29 is 9.72 Å². The Kier molecular flexibility index (Phi) is 6.14. The molecule has 0 spiro atoms. The highest BCUT2D eigenvalue weighted by Crippen LogP contribution is 2.24. The van der Waals surface area contributed by atoms with Gasteiger partial charge in [0.2, 0.25) is 0 Å². The molecule has 1 atom stereocenters. The lowest BCUT2D eigenvalue weighted by atomic mass is 10.0. The second kappa shape index (κ2) is 7.61. The van der Waals surface area contributed by atoms with E-state index in [1.807, 2.05) is 6.92 Å². The lowest BCUT2D eigenvalue weighted by Gasteiger charge is -2.15. The van der Waals surface area contributed by atoms with Crippen LogP contribution in [-0.4, -0.2) is 23.9 Å². The number of amides is 1. The first-order valence-corrected chi connectivity index (χ1v) is 7.12. The van der Waals surface area contributed by atoms with Crippen molar-refractivity contribution >= 4 is 17.3 Å². The van der Waals surface area contributed by atoms with E-state index in [9.17, 15) is 14.9 Å². The molecule has 0 aliphatic carbocycles. The molecule has 2 N–H and O–H groups in total. The van der Waals surface area contributed by atoms with Crippen molar-refractivity contribution in [2.75, 3.05) is 12.4 Å². The van der Waals surface area contributed by atoms with E-state index in [0.717, 1.165) is 12.8 Å². The Bertz CT molecular complexity index is 515. The van der Waals surface area contributed by atoms with Crippen LogP contribution in [0, 0.1) is 16.0 Å². The third kappa shape index (κ3) is 5.06. The minimum absolute atomic E-state index is 0.0399. The maximum atomic E-state index is 12.1. The molecule has 1 amide bonds. The molecule has 21 heavy (non-hydrogen) atoms. The van der Waals surface area contributed by atoms with E-state index in [0.29, 0.717) is 17.2 Å². The maximum absolute atomic E-state index is 12.1. The summed E-state index contributed by atoms with van der Waals surface area (Å²) < 4.78 is 0. The molecule has 0 fully saturated rings. The fourth-order valence-electron chi connectivity index (χ4n) is 2.00. The van der Waals surface area contributed by atoms with Gasteiger partial charge in [0.1, 0.15) is 5.69 Å². The van der Waals surface area contributed by atoms with Gasteiger partial charge in [0.15, 0.2) is 0 Å². The highest BCUT2D eigenvalue weighted by molar-refractivity contribution is 5.96. The molecule has 0 saturated carbocycles. The fraction of sp³-hybridized carbons (Fsp3) is 0.533. The van der Waals surface area contributed by atoms with Crippen LogP contribution in [0.4, 0.5) is 11.4 Å². The summed E-state index contributed by atoms with van der Waals surface area (Å²) in [6, 6.07) is 4.40. The van der Waals surface area contributed by atoms with Gasteiger partial charge in [0.05, 0.1) is 4.92 Å². The molecule has 0 heterocycles. The standard InChI is InChI=1S/C15H23N3O3/c1-10(2)5-6-11(3)17-15(19)12-7-8-14(18(20)21)13(9-12)16-4/h7-11,16H,5-6H2,1-4H3,(H,17,19). The van der Waals surface area contributed by atoms with Crippen molar-refractivity contribution in [1.82, 2.24) is 5.32 Å². The zero-order chi connectivity index (χ0) is 16.0. The predicted octanol–water partition coefficient (Wildman–Crippen LogP) is 3.19. The number of hydrogen-bond donors (Lipinski definition) is 2. The van der Waals surface area contributed by atoms with Crippen LogP contribution in [0.5, 0.6) is 0 Å². The molecule has 6 nitrogen and oxygen atoms in total. The summed E-state index contributed by atoms with van der Waals surface area (Å²) in [5.74, 6) is 0.386. The van der Waals surface area contributed by atoms with Crippen LogP contribution >= 0.6 is 0 Å². The lowest BCUT2D eigenvalue weighted by Crippen LogP contribution is -2.32. The third-order valence-electron chi connectivity index (χ3n) is 3.28. The molecule has 0 saturated heterocycles. The number of anilines is 1. The smallest absolute Gasteiger partial charge is 0.292 e. The summed E-state index contributed by atoms with van der Waals surface area (Å²) in [4.78, 5) is 22.5. The highest BCUT2D eigenvalue weighted by atomic mass is 16.6. The number of nitrogens with one attached hydrogen (secondary N) is 2. The quantitative estimate of drug-likeness (QED) is 0.597. The first-order chi connectivity index (χ1) is 9.85. The molecule has 1 rings (SSSR count). The summed E-state index contributed by atoms with van der Waals surface area (Å²) in [6.07, 6.45) is 1.96. The zero-order valence-electron chi connectivity index (χ0n) is 13.0. The van der Waals surface area contributed by atoms with Crippen LogP contribution < -0.4 is 10.6 Å². The Labute approximate surface area is 125 Å². The van der Waals surface area contributed by atoms with Gasteiger partial charge in [-0.3, -0.25) is 14.9 Å². The normalized spacial score (nSPS) is 12.0. The Balaban J connectivity index is 2.76. The summed E-state index contributed by atoms with van der Waals surface area (Å²) in [6.45, 7) is 6.25. The minimum Gasteiger partial charge on any atom is -0.383 e. The van der Waals surface area contributed by atoms with Crippen LogP contribution in [0.15, 0.2) is 18.2 Å². The van der Waals surface area contributed by atoms with Gasteiger partial charge in [-0.2, -0.15) is 0 Å². The van der Waals surface area contributed by atoms with Crippen molar-refractivity contribution in [3.63, 3.8) is 0 Å². The molecule has 0 aromatic heterocycles. The van der Waals surface area contributed by atoms with Crippen LogP contribution in [0.25, 0.3) is 0 Å². The number of benzene rings is 1. The fourth-order valence-corrected chi connectivity index (χ4v) is 2.00. The van der Waals surface area contributed by atoms with Crippen LogP contribution in [0.2, 0.25) is 0 Å². The number of rotatable bonds is 7. The van der Waals surface area contributed by atoms with Crippen molar-refractivity contribution in [3.8, 4) is 0 Å². The molecule has 0 radical (unpaired) electrons. The molecule has 0 aliphatic heterocycles. The van der Waals surface area contributed by atoms with E-state index >= 15 is 0 Å². The monoisotopic (exact) mass is 293 g/mol. The number of hydrogen-bond acceptors (Lipinski definition) is 4. The second-order valence-electron chi connectivity index (χ2n) is 5.58. The number of carbonyl (C=O) groups is 1. The van der Waals surface area contributed by atoms with Crippen molar-refractivity contribution in [2.24, 2.45) is 5.92 Å². The molecule has 1 unspecified atom stereocenters. The molecule has 0 aliphatic rings. The van der Waals surface area contributed by atoms with Gasteiger partial charge in [-0.05, 0) is 37.8 Å². The average Bonchev–Trinajstić information content (AvgIpc) is 2.44. The van der Waals surface area contributed by atoms with Gasteiger partial charge in [-0.15, -0.1) is 0 Å². The molecular formula is C15H23N3O3. The number of nitro benzene ring substituents is 1. The number of nitrogens with zero attached hydrogens (tertiary/aromatic N) is 1. The van der Waals surface area contributed by atoms with Gasteiger partial charge in [-0.25, -0.2) is 0 Å². The van der Waals surface area contributed by atoms with Crippen LogP contribution in [-0.2, 0) is 0 Å². The number of carbonyl (C=O) groups excluding carboxylic acids is 1. The zero-order valence-corrected chi connectivity index (χ0v) is 13.0. The maximum Gasteiger partial charge on any atom is 0.292 e. The Morgan fingerprint density at radius 3 is 2.48 bits per heavy atom. The largest absolute Gasteiger partial charge is 0.383 e. The summed E-state index contributed by atoms with van der Waals surface area (Å²) >= 11 is 0. The van der Waals surface area contributed by atoms with Gasteiger partial charge in [-0.1, -0.05) is 13.8 Å². The minimum atomic E-state index is -0.473. The van der Waals surface area contributed by atoms with Gasteiger partial charge in [0.25, 0.3) is 11.6 Å². The van der Waals surface area contributed by atoms with E-state index in [1.165, 1.54) is 18.2 Å². The summed E-state index contributed by atoms with van der Waals surface area (Å²) in [7, 11) is 1.59. The average molecular weight is 293 g/mol. The molecule has 6 heteroatoms. The van der Waals surface area contributed by atoms with E-state index in [1.54, 1.807) is 7.05 Å². The SMILES string of the molecule is CNc1cc(C(=O)NC(C)CCC(C)C)ccc1[N+](=O)[O-]. The van der Waals surface area contributed by atoms with E-state index in [2.05, 4.69) is 24.5 Å². The summed E-state index contributed by atoms with van der Waals surface area (Å²) in [5.41, 5.74) is 0.714. The molecule has 1 aromatic rings. The second-order valence-corrected chi connectivity index (χ2v) is 5.58.